The van der Waals surface area contributed by atoms with Crippen LogP contribution in [-0.4, -0.2) is 22.2 Å². The van der Waals surface area contributed by atoms with E-state index in [1.165, 1.54) is 24.3 Å². The summed E-state index contributed by atoms with van der Waals surface area (Å²) >= 11 is 0. The number of nitrogens with zero attached hydrogens (tertiary/aromatic N) is 1. The predicted molar refractivity (Wildman–Crippen MR) is 90.9 cm³/mol. The van der Waals surface area contributed by atoms with E-state index < -0.39 is 29.4 Å². The van der Waals surface area contributed by atoms with Gasteiger partial charge in [-0.25, -0.2) is 9.37 Å². The number of aromatic amines is 1. The van der Waals surface area contributed by atoms with Gasteiger partial charge in [0.1, 0.15) is 23.0 Å². The molecule has 1 amide bonds. The van der Waals surface area contributed by atoms with Crippen molar-refractivity contribution in [1.82, 2.24) is 9.97 Å². The summed E-state index contributed by atoms with van der Waals surface area (Å²) in [6.45, 7) is 0. The lowest BCUT2D eigenvalue weighted by Gasteiger charge is -2.14. The van der Waals surface area contributed by atoms with Gasteiger partial charge in [-0.1, -0.05) is 18.2 Å². The quantitative estimate of drug-likeness (QED) is 0.665. The second kappa shape index (κ2) is 7.14. The molecule has 0 atom stereocenters. The SMILES string of the molecule is NC(=O)c1c[nH]c(=O)c(-c2cc(F)cc(-c3ccccc3OC(F)(F)F)c2)n1. The van der Waals surface area contributed by atoms with Gasteiger partial charge in [-0.3, -0.25) is 9.59 Å². The Kier molecular flexibility index (Phi) is 4.87. The molecule has 0 unspecified atom stereocenters. The molecule has 3 aromatic rings. The standard InChI is InChI=1S/C18H11F4N3O3/c19-11-6-9(12-3-1-2-4-14(12)28-18(20,21)22)5-10(7-11)15-17(27)24-8-13(25-15)16(23)26/h1-8H,(H2,23,26)(H,24,27). The molecule has 144 valence electrons. The number of primary amides is 1. The molecule has 0 fully saturated rings. The zero-order valence-corrected chi connectivity index (χ0v) is 13.9. The molecule has 10 heteroatoms. The van der Waals surface area contributed by atoms with Crippen LogP contribution in [0.4, 0.5) is 17.6 Å². The number of rotatable bonds is 4. The molecular weight excluding hydrogens is 382 g/mol. The van der Waals surface area contributed by atoms with Gasteiger partial charge >= 0.3 is 6.36 Å². The normalized spacial score (nSPS) is 11.3. The number of nitrogens with one attached hydrogen (secondary N) is 1. The van der Waals surface area contributed by atoms with Crippen molar-refractivity contribution in [1.29, 1.82) is 0 Å². The predicted octanol–water partition coefficient (Wildman–Crippen LogP) is 3.24. The van der Waals surface area contributed by atoms with Crippen molar-refractivity contribution >= 4 is 5.91 Å². The Morgan fingerprint density at radius 3 is 2.46 bits per heavy atom. The van der Waals surface area contributed by atoms with Crippen LogP contribution in [0.3, 0.4) is 0 Å². The van der Waals surface area contributed by atoms with Crippen molar-refractivity contribution < 1.29 is 27.1 Å². The van der Waals surface area contributed by atoms with Crippen LogP contribution >= 0.6 is 0 Å². The minimum absolute atomic E-state index is 0.0144. The van der Waals surface area contributed by atoms with E-state index >= 15 is 0 Å². The zero-order valence-electron chi connectivity index (χ0n) is 13.9. The van der Waals surface area contributed by atoms with Crippen molar-refractivity contribution in [3.05, 3.63) is 70.5 Å². The highest BCUT2D eigenvalue weighted by Gasteiger charge is 2.32. The number of nitrogens with two attached hydrogens (primary N) is 1. The van der Waals surface area contributed by atoms with Crippen LogP contribution < -0.4 is 16.0 Å². The average Bonchev–Trinajstić information content (AvgIpc) is 2.60. The third-order valence-corrected chi connectivity index (χ3v) is 3.63. The highest BCUT2D eigenvalue weighted by atomic mass is 19.4. The number of carbonyl (C=O) groups excluding carboxylic acids is 1. The molecular formula is C18H11F4N3O3. The first-order valence-corrected chi connectivity index (χ1v) is 7.70. The number of carbonyl (C=O) groups is 1. The summed E-state index contributed by atoms with van der Waals surface area (Å²) < 4.78 is 56.1. The molecule has 0 aliphatic rings. The van der Waals surface area contributed by atoms with Crippen molar-refractivity contribution in [2.75, 3.05) is 0 Å². The fraction of sp³-hybridized carbons (Fsp3) is 0.0556. The van der Waals surface area contributed by atoms with Crippen LogP contribution in [0, 0.1) is 5.82 Å². The Balaban J connectivity index is 2.16. The summed E-state index contributed by atoms with van der Waals surface area (Å²) in [4.78, 5) is 29.4. The van der Waals surface area contributed by atoms with E-state index in [1.807, 2.05) is 0 Å². The van der Waals surface area contributed by atoms with Crippen LogP contribution in [0.25, 0.3) is 22.4 Å². The van der Waals surface area contributed by atoms with E-state index in [1.54, 1.807) is 0 Å². The van der Waals surface area contributed by atoms with Gasteiger partial charge in [0.15, 0.2) is 0 Å². The lowest BCUT2D eigenvalue weighted by Crippen LogP contribution is -2.19. The van der Waals surface area contributed by atoms with Gasteiger partial charge in [-0.05, 0) is 29.8 Å². The van der Waals surface area contributed by atoms with Gasteiger partial charge in [-0.15, -0.1) is 13.2 Å². The Bertz CT molecular complexity index is 1110. The largest absolute Gasteiger partial charge is 0.573 e. The Morgan fingerprint density at radius 1 is 1.11 bits per heavy atom. The van der Waals surface area contributed by atoms with Gasteiger partial charge < -0.3 is 15.5 Å². The Morgan fingerprint density at radius 2 is 1.79 bits per heavy atom. The molecule has 2 aromatic carbocycles. The van der Waals surface area contributed by atoms with Crippen LogP contribution in [0.15, 0.2) is 53.5 Å². The summed E-state index contributed by atoms with van der Waals surface area (Å²) in [6, 6.07) is 8.34. The highest BCUT2D eigenvalue weighted by Crippen LogP contribution is 2.35. The Labute approximate surface area is 154 Å². The number of benzene rings is 2. The number of alkyl halides is 3. The van der Waals surface area contributed by atoms with Crippen LogP contribution in [0.2, 0.25) is 0 Å². The van der Waals surface area contributed by atoms with E-state index in [0.717, 1.165) is 24.4 Å². The van der Waals surface area contributed by atoms with E-state index in [2.05, 4.69) is 14.7 Å². The molecule has 0 saturated heterocycles. The fourth-order valence-corrected chi connectivity index (χ4v) is 2.53. The van der Waals surface area contributed by atoms with Crippen LogP contribution in [0.5, 0.6) is 5.75 Å². The number of hydrogen-bond acceptors (Lipinski definition) is 4. The molecule has 6 nitrogen and oxygen atoms in total. The number of aromatic nitrogens is 2. The third-order valence-electron chi connectivity index (χ3n) is 3.63. The van der Waals surface area contributed by atoms with Gasteiger partial charge in [0.2, 0.25) is 0 Å². The van der Waals surface area contributed by atoms with Crippen molar-refractivity contribution in [2.24, 2.45) is 5.73 Å². The van der Waals surface area contributed by atoms with Crippen molar-refractivity contribution in [3.8, 4) is 28.1 Å². The molecule has 0 aliphatic carbocycles. The molecule has 3 rings (SSSR count). The number of ether oxygens (including phenoxy) is 1. The molecule has 1 aromatic heterocycles. The second-order valence-corrected chi connectivity index (χ2v) is 5.60. The van der Waals surface area contributed by atoms with Gasteiger partial charge in [-0.2, -0.15) is 0 Å². The third kappa shape index (κ3) is 4.17. The summed E-state index contributed by atoms with van der Waals surface area (Å²) in [5, 5.41) is 0. The molecule has 1 heterocycles. The molecule has 0 radical (unpaired) electrons. The van der Waals surface area contributed by atoms with Gasteiger partial charge in [0.25, 0.3) is 11.5 Å². The summed E-state index contributed by atoms with van der Waals surface area (Å²) in [5.41, 5.74) is 3.72. The van der Waals surface area contributed by atoms with Crippen molar-refractivity contribution in [3.63, 3.8) is 0 Å². The number of amides is 1. The fourth-order valence-electron chi connectivity index (χ4n) is 2.53. The number of halogens is 4. The van der Waals surface area contributed by atoms with Crippen LogP contribution in [-0.2, 0) is 0 Å². The lowest BCUT2D eigenvalue weighted by atomic mass is 10.0. The molecule has 3 N–H and O–H groups in total. The number of para-hydroxylation sites is 1. The topological polar surface area (TPSA) is 98.1 Å². The average molecular weight is 393 g/mol. The molecule has 0 aliphatic heterocycles. The van der Waals surface area contributed by atoms with E-state index in [-0.39, 0.29) is 28.1 Å². The first-order chi connectivity index (χ1) is 13.1. The molecule has 0 bridgehead atoms. The first kappa shape index (κ1) is 19.1. The van der Waals surface area contributed by atoms with Crippen LogP contribution in [0.1, 0.15) is 10.5 Å². The maximum absolute atomic E-state index is 14.2. The van der Waals surface area contributed by atoms with E-state index in [9.17, 15) is 27.2 Å². The lowest BCUT2D eigenvalue weighted by molar-refractivity contribution is -0.274. The monoisotopic (exact) mass is 393 g/mol. The molecule has 0 saturated carbocycles. The smallest absolute Gasteiger partial charge is 0.405 e. The second-order valence-electron chi connectivity index (χ2n) is 5.60. The Hall–Kier alpha value is -3.69. The summed E-state index contributed by atoms with van der Waals surface area (Å²) in [7, 11) is 0. The van der Waals surface area contributed by atoms with Gasteiger partial charge in [0.05, 0.1) is 0 Å². The maximum atomic E-state index is 14.2. The van der Waals surface area contributed by atoms with Gasteiger partial charge in [0, 0.05) is 17.3 Å². The molecule has 28 heavy (non-hydrogen) atoms. The zero-order chi connectivity index (χ0) is 20.5. The van der Waals surface area contributed by atoms with E-state index in [4.69, 9.17) is 5.73 Å². The number of H-pyrrole nitrogens is 1. The maximum Gasteiger partial charge on any atom is 0.573 e. The minimum Gasteiger partial charge on any atom is -0.405 e. The summed E-state index contributed by atoms with van der Waals surface area (Å²) in [5.74, 6) is -2.29. The highest BCUT2D eigenvalue weighted by molar-refractivity contribution is 5.91. The van der Waals surface area contributed by atoms with Crippen molar-refractivity contribution in [2.45, 2.75) is 6.36 Å². The number of hydrogen-bond donors (Lipinski definition) is 2. The summed E-state index contributed by atoms with van der Waals surface area (Å²) in [6.07, 6.45) is -3.94. The first-order valence-electron chi connectivity index (χ1n) is 7.70. The minimum atomic E-state index is -4.94. The molecule has 0 spiro atoms. The van der Waals surface area contributed by atoms with E-state index in [0.29, 0.717) is 0 Å².